The second-order valence-electron chi connectivity index (χ2n) is 4.65. The Hall–Kier alpha value is -2.48. The summed E-state index contributed by atoms with van der Waals surface area (Å²) in [7, 11) is 7.00. The van der Waals surface area contributed by atoms with Gasteiger partial charge in [-0.2, -0.15) is 5.26 Å². The molecule has 5 heteroatoms. The number of methoxy groups -OCH3 is 2. The van der Waals surface area contributed by atoms with Crippen molar-refractivity contribution in [3.63, 3.8) is 0 Å². The van der Waals surface area contributed by atoms with Crippen molar-refractivity contribution in [2.75, 3.05) is 33.2 Å². The molecule has 0 unspecified atom stereocenters. The smallest absolute Gasteiger partial charge is 0.162 e. The molecule has 0 aliphatic carbocycles. The first-order valence-corrected chi connectivity index (χ1v) is 6.17. The number of ether oxygens (including phenoxy) is 2. The third-order valence-electron chi connectivity index (χ3n) is 3.20. The maximum Gasteiger partial charge on any atom is 0.162 e. The predicted molar refractivity (Wildman–Crippen MR) is 78.6 cm³/mol. The Kier molecular flexibility index (Phi) is 3.66. The van der Waals surface area contributed by atoms with E-state index in [1.807, 2.05) is 38.1 Å². The highest BCUT2D eigenvalue weighted by Gasteiger charge is 2.17. The number of fused-ring (bicyclic) bond motifs is 1. The first-order chi connectivity index (χ1) is 9.53. The predicted octanol–water partition coefficient (Wildman–Crippen LogP) is 2.50. The molecule has 0 aliphatic rings. The zero-order valence-electron chi connectivity index (χ0n) is 12.3. The van der Waals surface area contributed by atoms with Gasteiger partial charge in [0.1, 0.15) is 6.07 Å². The van der Waals surface area contributed by atoms with E-state index in [1.165, 1.54) is 0 Å². The van der Waals surface area contributed by atoms with E-state index in [4.69, 9.17) is 9.47 Å². The van der Waals surface area contributed by atoms with Gasteiger partial charge in [-0.15, -0.1) is 0 Å². The zero-order valence-corrected chi connectivity index (χ0v) is 12.3. The molecule has 0 bridgehead atoms. The summed E-state index contributed by atoms with van der Waals surface area (Å²) in [4.78, 5) is 6.41. The third-order valence-corrected chi connectivity index (χ3v) is 3.20. The first kappa shape index (κ1) is 13.9. The lowest BCUT2D eigenvalue weighted by atomic mass is 10.1. The Morgan fingerprint density at radius 3 is 2.25 bits per heavy atom. The van der Waals surface area contributed by atoms with E-state index in [0.29, 0.717) is 22.8 Å². The van der Waals surface area contributed by atoms with Gasteiger partial charge in [0.2, 0.25) is 0 Å². The monoisotopic (exact) mass is 271 g/mol. The maximum atomic E-state index is 9.36. The van der Waals surface area contributed by atoms with Crippen molar-refractivity contribution in [3.05, 3.63) is 23.4 Å². The fraction of sp³-hybridized carbons (Fsp3) is 0.333. The van der Waals surface area contributed by atoms with Crippen molar-refractivity contribution in [2.24, 2.45) is 0 Å². The lowest BCUT2D eigenvalue weighted by Crippen LogP contribution is -2.13. The number of pyridine rings is 1. The van der Waals surface area contributed by atoms with Crippen LogP contribution in [-0.4, -0.2) is 33.3 Å². The Labute approximate surface area is 118 Å². The van der Waals surface area contributed by atoms with E-state index in [2.05, 4.69) is 11.1 Å². The molecule has 0 atom stereocenters. The van der Waals surface area contributed by atoms with Gasteiger partial charge in [0.05, 0.1) is 36.7 Å². The van der Waals surface area contributed by atoms with Crippen molar-refractivity contribution in [1.82, 2.24) is 4.98 Å². The normalized spacial score (nSPS) is 10.2. The quantitative estimate of drug-likeness (QED) is 0.858. The molecule has 0 fully saturated rings. The van der Waals surface area contributed by atoms with Crippen LogP contribution >= 0.6 is 0 Å². The summed E-state index contributed by atoms with van der Waals surface area (Å²) in [6.07, 6.45) is 0. The van der Waals surface area contributed by atoms with Crippen LogP contribution in [0.2, 0.25) is 0 Å². The minimum absolute atomic E-state index is 0.578. The highest BCUT2D eigenvalue weighted by atomic mass is 16.5. The van der Waals surface area contributed by atoms with Crippen molar-refractivity contribution < 1.29 is 9.47 Å². The number of nitriles is 1. The van der Waals surface area contributed by atoms with Crippen LogP contribution in [0.4, 0.5) is 5.69 Å². The molecule has 0 radical (unpaired) electrons. The number of anilines is 1. The minimum atomic E-state index is 0.578. The van der Waals surface area contributed by atoms with E-state index in [0.717, 1.165) is 16.6 Å². The molecule has 1 heterocycles. The van der Waals surface area contributed by atoms with Crippen LogP contribution < -0.4 is 14.4 Å². The fourth-order valence-corrected chi connectivity index (χ4v) is 2.29. The van der Waals surface area contributed by atoms with Gasteiger partial charge in [-0.3, -0.25) is 4.98 Å². The number of benzene rings is 1. The molecule has 0 spiro atoms. The number of hydrogen-bond donors (Lipinski definition) is 0. The summed E-state index contributed by atoms with van der Waals surface area (Å²) in [5, 5.41) is 10.2. The third kappa shape index (κ3) is 2.10. The SMILES string of the molecule is COc1cc2nc(C)c(C#N)c(N(C)C)c2cc1OC. The summed E-state index contributed by atoms with van der Waals surface area (Å²) in [6.45, 7) is 1.84. The van der Waals surface area contributed by atoms with Crippen molar-refractivity contribution in [3.8, 4) is 17.6 Å². The molecule has 5 nitrogen and oxygen atoms in total. The highest BCUT2D eigenvalue weighted by molar-refractivity contribution is 5.97. The standard InChI is InChI=1S/C15H17N3O2/c1-9-11(8-16)15(18(2)3)10-6-13(19-4)14(20-5)7-12(10)17-9/h6-7H,1-5H3. The topological polar surface area (TPSA) is 58.4 Å². The van der Waals surface area contributed by atoms with E-state index in [9.17, 15) is 5.26 Å². The molecule has 2 rings (SSSR count). The molecule has 0 saturated carbocycles. The average molecular weight is 271 g/mol. The fourth-order valence-electron chi connectivity index (χ4n) is 2.29. The lowest BCUT2D eigenvalue weighted by molar-refractivity contribution is 0.356. The van der Waals surface area contributed by atoms with Crippen LogP contribution in [0.3, 0.4) is 0 Å². The van der Waals surface area contributed by atoms with Gasteiger partial charge in [-0.05, 0) is 13.0 Å². The van der Waals surface area contributed by atoms with Crippen LogP contribution in [0.5, 0.6) is 11.5 Å². The zero-order chi connectivity index (χ0) is 14.9. The molecular weight excluding hydrogens is 254 g/mol. The Bertz CT molecular complexity index is 703. The van der Waals surface area contributed by atoms with E-state index < -0.39 is 0 Å². The van der Waals surface area contributed by atoms with Crippen molar-refractivity contribution in [2.45, 2.75) is 6.92 Å². The number of nitrogens with zero attached hydrogens (tertiary/aromatic N) is 3. The second kappa shape index (κ2) is 5.25. The maximum absolute atomic E-state index is 9.36. The van der Waals surface area contributed by atoms with Crippen LogP contribution in [0.25, 0.3) is 10.9 Å². The summed E-state index contributed by atoms with van der Waals surface area (Å²) in [5.74, 6) is 1.25. The summed E-state index contributed by atoms with van der Waals surface area (Å²) in [6, 6.07) is 5.91. The van der Waals surface area contributed by atoms with E-state index >= 15 is 0 Å². The molecule has 0 N–H and O–H groups in total. The average Bonchev–Trinajstić information content (AvgIpc) is 2.43. The highest BCUT2D eigenvalue weighted by Crippen LogP contribution is 2.37. The number of rotatable bonds is 3. The molecule has 0 aliphatic heterocycles. The molecular formula is C15H17N3O2. The number of hydrogen-bond acceptors (Lipinski definition) is 5. The van der Waals surface area contributed by atoms with Crippen LogP contribution in [-0.2, 0) is 0 Å². The van der Waals surface area contributed by atoms with Gasteiger partial charge in [0.15, 0.2) is 11.5 Å². The van der Waals surface area contributed by atoms with Crippen LogP contribution in [0, 0.1) is 18.3 Å². The molecule has 20 heavy (non-hydrogen) atoms. The van der Waals surface area contributed by atoms with E-state index in [1.54, 1.807) is 14.2 Å². The first-order valence-electron chi connectivity index (χ1n) is 6.17. The Balaban J connectivity index is 2.93. The molecule has 0 saturated heterocycles. The van der Waals surface area contributed by atoms with Crippen LogP contribution in [0.1, 0.15) is 11.3 Å². The van der Waals surface area contributed by atoms with Gasteiger partial charge in [-0.1, -0.05) is 0 Å². The molecule has 2 aromatic rings. The minimum Gasteiger partial charge on any atom is -0.493 e. The molecule has 0 amide bonds. The van der Waals surface area contributed by atoms with Gasteiger partial charge in [0, 0.05) is 25.5 Å². The van der Waals surface area contributed by atoms with Crippen LogP contribution in [0.15, 0.2) is 12.1 Å². The van der Waals surface area contributed by atoms with E-state index in [-0.39, 0.29) is 0 Å². The van der Waals surface area contributed by atoms with Crippen molar-refractivity contribution in [1.29, 1.82) is 5.26 Å². The Morgan fingerprint density at radius 2 is 1.75 bits per heavy atom. The summed E-state index contributed by atoms with van der Waals surface area (Å²) in [5.41, 5.74) is 2.91. The van der Waals surface area contributed by atoms with Gasteiger partial charge in [0.25, 0.3) is 0 Å². The molecule has 1 aromatic heterocycles. The number of aryl methyl sites for hydroxylation is 1. The summed E-state index contributed by atoms with van der Waals surface area (Å²) < 4.78 is 10.6. The van der Waals surface area contributed by atoms with Gasteiger partial charge >= 0.3 is 0 Å². The Morgan fingerprint density at radius 1 is 1.15 bits per heavy atom. The number of aromatic nitrogens is 1. The summed E-state index contributed by atoms with van der Waals surface area (Å²) >= 11 is 0. The largest absolute Gasteiger partial charge is 0.493 e. The second-order valence-corrected chi connectivity index (χ2v) is 4.65. The molecule has 104 valence electrons. The van der Waals surface area contributed by atoms with Gasteiger partial charge < -0.3 is 14.4 Å². The van der Waals surface area contributed by atoms with Gasteiger partial charge in [-0.25, -0.2) is 0 Å². The molecule has 1 aromatic carbocycles. The lowest BCUT2D eigenvalue weighted by Gasteiger charge is -2.19. The van der Waals surface area contributed by atoms with Crippen molar-refractivity contribution >= 4 is 16.6 Å².